The smallest absolute Gasteiger partial charge is 0.339 e. The lowest BCUT2D eigenvalue weighted by molar-refractivity contribution is 0.0526. The molecule has 0 saturated heterocycles. The number of aryl methyl sites for hydroxylation is 1. The molecule has 3 aromatic carbocycles. The zero-order valence-corrected chi connectivity index (χ0v) is 20.0. The van der Waals surface area contributed by atoms with Crippen LogP contribution in [0.15, 0.2) is 65.6 Å². The van der Waals surface area contributed by atoms with E-state index in [0.29, 0.717) is 5.69 Å². The summed E-state index contributed by atoms with van der Waals surface area (Å²) in [6.45, 7) is 3.75. The predicted octanol–water partition coefficient (Wildman–Crippen LogP) is 5.53. The predicted molar refractivity (Wildman–Crippen MR) is 129 cm³/mol. The minimum Gasteiger partial charge on any atom is -0.462 e. The van der Waals surface area contributed by atoms with E-state index in [0.717, 1.165) is 5.56 Å². The molecule has 0 saturated carbocycles. The van der Waals surface area contributed by atoms with Crippen LogP contribution in [0.1, 0.15) is 33.2 Å². The van der Waals surface area contributed by atoms with E-state index in [9.17, 15) is 18.0 Å². The molecule has 0 atom stereocenters. The van der Waals surface area contributed by atoms with Crippen molar-refractivity contribution < 1.29 is 22.7 Å². The monoisotopic (exact) mass is 506 g/mol. The van der Waals surface area contributed by atoms with E-state index >= 15 is 0 Å². The van der Waals surface area contributed by atoms with Crippen LogP contribution in [0.25, 0.3) is 0 Å². The fourth-order valence-electron chi connectivity index (χ4n) is 2.83. The van der Waals surface area contributed by atoms with Crippen molar-refractivity contribution in [3.05, 3.63) is 87.4 Å². The van der Waals surface area contributed by atoms with Crippen LogP contribution in [0.3, 0.4) is 0 Å². The van der Waals surface area contributed by atoms with E-state index in [4.69, 9.17) is 27.9 Å². The summed E-state index contributed by atoms with van der Waals surface area (Å²) in [5, 5.41) is 2.83. The van der Waals surface area contributed by atoms with Crippen molar-refractivity contribution in [1.29, 1.82) is 0 Å². The van der Waals surface area contributed by atoms with E-state index < -0.39 is 21.9 Å². The minimum absolute atomic E-state index is 0.0500. The number of sulfonamides is 1. The van der Waals surface area contributed by atoms with Crippen molar-refractivity contribution in [2.24, 2.45) is 0 Å². The van der Waals surface area contributed by atoms with Gasteiger partial charge in [0, 0.05) is 11.3 Å². The summed E-state index contributed by atoms with van der Waals surface area (Å²) in [5.41, 5.74) is 1.81. The Morgan fingerprint density at radius 1 is 0.939 bits per heavy atom. The topological polar surface area (TPSA) is 102 Å². The molecule has 3 aromatic rings. The van der Waals surface area contributed by atoms with Crippen molar-refractivity contribution in [1.82, 2.24) is 0 Å². The number of hydrogen-bond acceptors (Lipinski definition) is 5. The molecule has 3 rings (SSSR count). The van der Waals surface area contributed by atoms with Crippen LogP contribution >= 0.6 is 23.2 Å². The van der Waals surface area contributed by atoms with Crippen molar-refractivity contribution >= 4 is 56.5 Å². The zero-order chi connectivity index (χ0) is 24.2. The van der Waals surface area contributed by atoms with Gasteiger partial charge < -0.3 is 10.1 Å². The summed E-state index contributed by atoms with van der Waals surface area (Å²) < 4.78 is 32.5. The summed E-state index contributed by atoms with van der Waals surface area (Å²) in [6.07, 6.45) is 0. The van der Waals surface area contributed by atoms with Crippen LogP contribution in [0.2, 0.25) is 10.0 Å². The van der Waals surface area contributed by atoms with Crippen LogP contribution in [0, 0.1) is 6.92 Å². The number of carbonyl (C=O) groups is 2. The van der Waals surface area contributed by atoms with Gasteiger partial charge in [-0.15, -0.1) is 0 Å². The number of esters is 1. The molecule has 0 aliphatic rings. The first-order valence-corrected chi connectivity index (χ1v) is 12.0. The first-order chi connectivity index (χ1) is 15.6. The van der Waals surface area contributed by atoms with E-state index in [1.165, 1.54) is 48.5 Å². The fourth-order valence-corrected chi connectivity index (χ4v) is 4.45. The molecule has 33 heavy (non-hydrogen) atoms. The molecule has 0 aliphatic heterocycles. The lowest BCUT2D eigenvalue weighted by Crippen LogP contribution is -2.15. The molecule has 0 radical (unpaired) electrons. The number of rotatable bonds is 7. The Labute approximate surface area is 201 Å². The zero-order valence-electron chi connectivity index (χ0n) is 17.7. The molecule has 0 bridgehead atoms. The van der Waals surface area contributed by atoms with Gasteiger partial charge in [-0.25, -0.2) is 13.2 Å². The molecule has 0 aliphatic carbocycles. The molecule has 2 N–H and O–H groups in total. The lowest BCUT2D eigenvalue weighted by atomic mass is 10.1. The SMILES string of the molecule is CCOC(=O)c1ccc(NC(=O)c2ccc(NS(=O)(=O)c3ccc(C)cc3)c(Cl)c2)cc1Cl. The Morgan fingerprint density at radius 2 is 1.64 bits per heavy atom. The molecule has 10 heteroatoms. The number of amides is 1. The maximum atomic E-state index is 12.6. The Kier molecular flexibility index (Phi) is 7.63. The summed E-state index contributed by atoms with van der Waals surface area (Å²) in [6, 6.07) is 14.9. The van der Waals surface area contributed by atoms with Gasteiger partial charge in [-0.05, 0) is 62.4 Å². The molecule has 7 nitrogen and oxygen atoms in total. The Bertz CT molecular complexity index is 1310. The van der Waals surface area contributed by atoms with Gasteiger partial charge in [0.15, 0.2) is 0 Å². The van der Waals surface area contributed by atoms with Crippen LogP contribution in [0.4, 0.5) is 11.4 Å². The summed E-state index contributed by atoms with van der Waals surface area (Å²) in [5.74, 6) is -1.05. The van der Waals surface area contributed by atoms with Crippen LogP contribution in [0.5, 0.6) is 0 Å². The highest BCUT2D eigenvalue weighted by Crippen LogP contribution is 2.27. The van der Waals surface area contributed by atoms with Gasteiger partial charge >= 0.3 is 5.97 Å². The number of halogens is 2. The third-order valence-electron chi connectivity index (χ3n) is 4.53. The molecule has 0 heterocycles. The molecule has 1 amide bonds. The Hall–Kier alpha value is -3.07. The summed E-state index contributed by atoms with van der Waals surface area (Å²) in [7, 11) is -3.84. The molecule has 0 unspecified atom stereocenters. The van der Waals surface area contributed by atoms with Gasteiger partial charge in [0.05, 0.1) is 32.8 Å². The summed E-state index contributed by atoms with van der Waals surface area (Å²) in [4.78, 5) is 24.5. The quantitative estimate of drug-likeness (QED) is 0.410. The third kappa shape index (κ3) is 6.04. The number of anilines is 2. The van der Waals surface area contributed by atoms with Crippen LogP contribution < -0.4 is 10.0 Å². The average Bonchev–Trinajstić information content (AvgIpc) is 2.75. The maximum Gasteiger partial charge on any atom is 0.339 e. The van der Waals surface area contributed by atoms with Crippen molar-refractivity contribution in [3.8, 4) is 0 Å². The first kappa shape index (κ1) is 24.6. The van der Waals surface area contributed by atoms with Crippen molar-refractivity contribution in [2.75, 3.05) is 16.6 Å². The molecule has 172 valence electrons. The Morgan fingerprint density at radius 3 is 2.24 bits per heavy atom. The number of benzene rings is 3. The lowest BCUT2D eigenvalue weighted by Gasteiger charge is -2.12. The number of nitrogens with one attached hydrogen (secondary N) is 2. The van der Waals surface area contributed by atoms with Crippen LogP contribution in [-0.2, 0) is 14.8 Å². The van der Waals surface area contributed by atoms with E-state index in [1.54, 1.807) is 19.1 Å². The highest BCUT2D eigenvalue weighted by molar-refractivity contribution is 7.92. The fraction of sp³-hybridized carbons (Fsp3) is 0.130. The second-order valence-corrected chi connectivity index (χ2v) is 9.48. The second kappa shape index (κ2) is 10.2. The van der Waals surface area contributed by atoms with Crippen LogP contribution in [-0.4, -0.2) is 26.9 Å². The summed E-state index contributed by atoms with van der Waals surface area (Å²) >= 11 is 12.3. The minimum atomic E-state index is -3.84. The van der Waals surface area contributed by atoms with Gasteiger partial charge in [0.2, 0.25) is 0 Å². The van der Waals surface area contributed by atoms with Gasteiger partial charge in [-0.1, -0.05) is 40.9 Å². The van der Waals surface area contributed by atoms with Gasteiger partial charge in [-0.3, -0.25) is 9.52 Å². The Balaban J connectivity index is 1.74. The molecule has 0 spiro atoms. The average molecular weight is 507 g/mol. The number of hydrogen-bond donors (Lipinski definition) is 2. The normalized spacial score (nSPS) is 11.0. The number of ether oxygens (including phenoxy) is 1. The van der Waals surface area contributed by atoms with Crippen molar-refractivity contribution in [3.63, 3.8) is 0 Å². The van der Waals surface area contributed by atoms with Gasteiger partial charge in [0.1, 0.15) is 0 Å². The maximum absolute atomic E-state index is 12.6. The number of carbonyl (C=O) groups excluding carboxylic acids is 2. The molecule has 0 aromatic heterocycles. The van der Waals surface area contributed by atoms with E-state index in [2.05, 4.69) is 10.0 Å². The van der Waals surface area contributed by atoms with Crippen molar-refractivity contribution in [2.45, 2.75) is 18.7 Å². The third-order valence-corrected chi connectivity index (χ3v) is 6.54. The highest BCUT2D eigenvalue weighted by atomic mass is 35.5. The van der Waals surface area contributed by atoms with Gasteiger partial charge in [0.25, 0.3) is 15.9 Å². The molecular weight excluding hydrogens is 487 g/mol. The second-order valence-electron chi connectivity index (χ2n) is 6.98. The van der Waals surface area contributed by atoms with E-state index in [1.807, 2.05) is 6.92 Å². The molecule has 0 fully saturated rings. The van der Waals surface area contributed by atoms with E-state index in [-0.39, 0.29) is 38.4 Å². The highest BCUT2D eigenvalue weighted by Gasteiger charge is 2.18. The standard InChI is InChI=1S/C23H20Cl2N2O5S/c1-3-32-23(29)18-10-7-16(13-19(18)24)26-22(28)15-6-11-21(20(25)12-15)27-33(30,31)17-8-4-14(2)5-9-17/h4-13,27H,3H2,1-2H3,(H,26,28). The first-order valence-electron chi connectivity index (χ1n) is 9.78. The van der Waals surface area contributed by atoms with Gasteiger partial charge in [-0.2, -0.15) is 0 Å². The largest absolute Gasteiger partial charge is 0.462 e. The molecular formula is C23H20Cl2N2O5S.